The summed E-state index contributed by atoms with van der Waals surface area (Å²) in [6, 6.07) is 9.40. The summed E-state index contributed by atoms with van der Waals surface area (Å²) in [5.74, 6) is 2.25. The second kappa shape index (κ2) is 8.31. The lowest BCUT2D eigenvalue weighted by atomic mass is 9.96. The Morgan fingerprint density at radius 2 is 1.89 bits per heavy atom. The number of aromatic nitrogens is 1. The number of thioether (sulfide) groups is 1. The molecule has 0 saturated heterocycles. The lowest BCUT2D eigenvalue weighted by Crippen LogP contribution is -2.38. The van der Waals surface area contributed by atoms with Gasteiger partial charge in [-0.05, 0) is 42.7 Å². The fourth-order valence-electron chi connectivity index (χ4n) is 3.60. The van der Waals surface area contributed by atoms with Crippen LogP contribution in [0.1, 0.15) is 37.7 Å². The van der Waals surface area contributed by atoms with Crippen LogP contribution in [-0.4, -0.2) is 37.6 Å². The minimum absolute atomic E-state index is 0.0961. The number of sulfonamides is 1. The molecule has 28 heavy (non-hydrogen) atoms. The van der Waals surface area contributed by atoms with Crippen LogP contribution in [0.25, 0.3) is 0 Å². The first-order valence-electron chi connectivity index (χ1n) is 9.49. The molecular formula is C20H24N2O4S2. The second-order valence-electron chi connectivity index (χ2n) is 7.12. The molecule has 150 valence electrons. The van der Waals surface area contributed by atoms with Crippen LogP contribution in [0.15, 0.2) is 46.5 Å². The van der Waals surface area contributed by atoms with Gasteiger partial charge in [0.1, 0.15) is 4.90 Å². The molecule has 0 bridgehead atoms. The number of fused-ring (bicyclic) bond motifs is 1. The first-order valence-corrected chi connectivity index (χ1v) is 11.9. The SMILES string of the molecule is CN(C1CCCCC1)S(=O)(=O)c1ccc(SCc2ccc3c(c2)OCO3)nc1. The second-order valence-corrected chi connectivity index (χ2v) is 10.1. The summed E-state index contributed by atoms with van der Waals surface area (Å²) in [6.45, 7) is 0.263. The van der Waals surface area contributed by atoms with Gasteiger partial charge in [-0.25, -0.2) is 13.4 Å². The summed E-state index contributed by atoms with van der Waals surface area (Å²) in [6.07, 6.45) is 6.73. The number of hydrogen-bond donors (Lipinski definition) is 0. The van der Waals surface area contributed by atoms with Crippen molar-refractivity contribution in [2.24, 2.45) is 0 Å². The highest BCUT2D eigenvalue weighted by Gasteiger charge is 2.29. The van der Waals surface area contributed by atoms with Crippen LogP contribution in [0, 0.1) is 0 Å². The summed E-state index contributed by atoms with van der Waals surface area (Å²) in [7, 11) is -1.81. The lowest BCUT2D eigenvalue weighted by Gasteiger charge is -2.30. The molecule has 0 spiro atoms. The molecular weight excluding hydrogens is 396 g/mol. The Balaban J connectivity index is 1.40. The van der Waals surface area contributed by atoms with Crippen LogP contribution >= 0.6 is 11.8 Å². The average Bonchev–Trinajstić information content (AvgIpc) is 3.20. The molecule has 0 radical (unpaired) electrons. The highest BCUT2D eigenvalue weighted by molar-refractivity contribution is 7.98. The lowest BCUT2D eigenvalue weighted by molar-refractivity contribution is 0.174. The van der Waals surface area contributed by atoms with Gasteiger partial charge in [0.25, 0.3) is 0 Å². The highest BCUT2D eigenvalue weighted by atomic mass is 32.2. The fraction of sp³-hybridized carbons (Fsp3) is 0.450. The Kier molecular flexibility index (Phi) is 5.80. The maximum atomic E-state index is 12.9. The molecule has 0 N–H and O–H groups in total. The van der Waals surface area contributed by atoms with Crippen LogP contribution in [0.3, 0.4) is 0 Å². The van der Waals surface area contributed by atoms with Gasteiger partial charge in [-0.1, -0.05) is 25.3 Å². The Morgan fingerprint density at radius 1 is 1.11 bits per heavy atom. The Hall–Kier alpha value is -1.77. The van der Waals surface area contributed by atoms with E-state index in [4.69, 9.17) is 9.47 Å². The topological polar surface area (TPSA) is 68.7 Å². The van der Waals surface area contributed by atoms with Gasteiger partial charge in [0.2, 0.25) is 16.8 Å². The quantitative estimate of drug-likeness (QED) is 0.657. The van der Waals surface area contributed by atoms with Gasteiger partial charge in [0, 0.05) is 25.0 Å². The molecule has 1 aliphatic heterocycles. The van der Waals surface area contributed by atoms with Crippen molar-refractivity contribution < 1.29 is 17.9 Å². The smallest absolute Gasteiger partial charge is 0.244 e. The number of ether oxygens (including phenoxy) is 2. The largest absolute Gasteiger partial charge is 0.454 e. The summed E-state index contributed by atoms with van der Waals surface area (Å²) < 4.78 is 38.0. The fourth-order valence-corrected chi connectivity index (χ4v) is 5.75. The van der Waals surface area contributed by atoms with Gasteiger partial charge in [-0.15, -0.1) is 11.8 Å². The van der Waals surface area contributed by atoms with Gasteiger partial charge in [-0.3, -0.25) is 0 Å². The van der Waals surface area contributed by atoms with Crippen LogP contribution < -0.4 is 9.47 Å². The van der Waals surface area contributed by atoms with E-state index >= 15 is 0 Å². The van der Waals surface area contributed by atoms with Crippen molar-refractivity contribution in [3.63, 3.8) is 0 Å². The summed E-state index contributed by atoms with van der Waals surface area (Å²) in [5, 5.41) is 0.789. The standard InChI is InChI=1S/C20H24N2O4S2/c1-22(16-5-3-2-4-6-16)28(23,24)17-8-10-20(21-12-17)27-13-15-7-9-18-19(11-15)26-14-25-18/h7-12,16H,2-6,13-14H2,1H3. The molecule has 6 nitrogen and oxygen atoms in total. The first-order chi connectivity index (χ1) is 13.5. The Bertz CT molecular complexity index is 926. The van der Waals surface area contributed by atoms with Crippen LogP contribution in [0.5, 0.6) is 11.5 Å². The molecule has 1 fully saturated rings. The van der Waals surface area contributed by atoms with Crippen molar-refractivity contribution >= 4 is 21.8 Å². The van der Waals surface area contributed by atoms with E-state index < -0.39 is 10.0 Å². The van der Waals surface area contributed by atoms with Gasteiger partial charge < -0.3 is 9.47 Å². The normalized spacial score (nSPS) is 17.2. The average molecular weight is 421 g/mol. The molecule has 8 heteroatoms. The van der Waals surface area contributed by atoms with Crippen molar-refractivity contribution in [2.45, 2.75) is 53.8 Å². The van der Waals surface area contributed by atoms with Gasteiger partial charge in [-0.2, -0.15) is 4.31 Å². The van der Waals surface area contributed by atoms with Crippen LogP contribution in [-0.2, 0) is 15.8 Å². The first kappa shape index (κ1) is 19.5. The van der Waals surface area contributed by atoms with E-state index in [0.29, 0.717) is 0 Å². The molecule has 2 aliphatic rings. The van der Waals surface area contributed by atoms with E-state index in [1.165, 1.54) is 16.9 Å². The minimum Gasteiger partial charge on any atom is -0.454 e. The Morgan fingerprint density at radius 3 is 2.64 bits per heavy atom. The minimum atomic E-state index is -3.50. The number of nitrogens with zero attached hydrogens (tertiary/aromatic N) is 2. The zero-order valence-corrected chi connectivity index (χ0v) is 17.5. The van der Waals surface area contributed by atoms with E-state index in [-0.39, 0.29) is 17.7 Å². The van der Waals surface area contributed by atoms with E-state index in [9.17, 15) is 8.42 Å². The van der Waals surface area contributed by atoms with E-state index in [1.54, 1.807) is 30.9 Å². The van der Waals surface area contributed by atoms with Crippen LogP contribution in [0.2, 0.25) is 0 Å². The third-order valence-electron chi connectivity index (χ3n) is 5.30. The van der Waals surface area contributed by atoms with E-state index in [0.717, 1.165) is 53.5 Å². The number of rotatable bonds is 6. The summed E-state index contributed by atoms with van der Waals surface area (Å²) in [4.78, 5) is 4.62. The van der Waals surface area contributed by atoms with Gasteiger partial charge >= 0.3 is 0 Å². The monoisotopic (exact) mass is 420 g/mol. The zero-order chi connectivity index (χ0) is 19.6. The third-order valence-corrected chi connectivity index (χ3v) is 8.21. The third kappa shape index (κ3) is 4.14. The number of hydrogen-bond acceptors (Lipinski definition) is 6. The summed E-state index contributed by atoms with van der Waals surface area (Å²) in [5.41, 5.74) is 1.10. The molecule has 0 atom stereocenters. The van der Waals surface area contributed by atoms with Crippen molar-refractivity contribution in [1.29, 1.82) is 0 Å². The zero-order valence-electron chi connectivity index (χ0n) is 15.8. The van der Waals surface area contributed by atoms with Gasteiger partial charge in [0.15, 0.2) is 11.5 Å². The molecule has 0 unspecified atom stereocenters. The molecule has 4 rings (SSSR count). The Labute approximate surface area is 170 Å². The highest BCUT2D eigenvalue weighted by Crippen LogP contribution is 2.34. The molecule has 0 amide bonds. The van der Waals surface area contributed by atoms with Gasteiger partial charge in [0.05, 0.1) is 5.03 Å². The molecule has 1 aliphatic carbocycles. The maximum Gasteiger partial charge on any atom is 0.244 e. The van der Waals surface area contributed by atoms with Crippen LogP contribution in [0.4, 0.5) is 0 Å². The molecule has 2 aromatic rings. The van der Waals surface area contributed by atoms with Crippen molar-refractivity contribution in [2.75, 3.05) is 13.8 Å². The number of pyridine rings is 1. The molecule has 2 heterocycles. The molecule has 1 saturated carbocycles. The maximum absolute atomic E-state index is 12.9. The van der Waals surface area contributed by atoms with Crippen molar-refractivity contribution in [3.05, 3.63) is 42.1 Å². The summed E-state index contributed by atoms with van der Waals surface area (Å²) >= 11 is 1.56. The number of benzene rings is 1. The molecule has 1 aromatic carbocycles. The predicted molar refractivity (Wildman–Crippen MR) is 108 cm³/mol. The molecule has 1 aromatic heterocycles. The van der Waals surface area contributed by atoms with Crippen molar-refractivity contribution in [1.82, 2.24) is 9.29 Å². The predicted octanol–water partition coefficient (Wildman–Crippen LogP) is 4.06. The van der Waals surface area contributed by atoms with Crippen molar-refractivity contribution in [3.8, 4) is 11.5 Å². The van der Waals surface area contributed by atoms with E-state index in [1.807, 2.05) is 18.2 Å². The van der Waals surface area contributed by atoms with E-state index in [2.05, 4.69) is 4.98 Å².